The van der Waals surface area contributed by atoms with Gasteiger partial charge in [-0.1, -0.05) is 103 Å². The number of fused-ring (bicyclic) bond motifs is 1. The molecule has 6 aromatic rings. The number of hydrogen-bond donors (Lipinski definition) is 0. The van der Waals surface area contributed by atoms with Crippen molar-refractivity contribution in [3.05, 3.63) is 138 Å². The first-order chi connectivity index (χ1) is 27.5. The minimum Gasteiger partial charge on any atom is -0.473 e. The number of aromatic nitrogens is 3. The van der Waals surface area contributed by atoms with Gasteiger partial charge in [0.25, 0.3) is 0 Å². The van der Waals surface area contributed by atoms with Gasteiger partial charge in [0.1, 0.15) is 31.3 Å². The second kappa shape index (κ2) is 17.1. The topological polar surface area (TPSA) is 99.0 Å². The molecular weight excluding hydrogens is 703 g/mol. The van der Waals surface area contributed by atoms with Crippen molar-refractivity contribution in [2.45, 2.75) is 45.5 Å². The molecule has 0 bridgehead atoms. The summed E-state index contributed by atoms with van der Waals surface area (Å²) in [7, 11) is 1.98. The average Bonchev–Trinajstić information content (AvgIpc) is 3.61. The zero-order valence-electron chi connectivity index (χ0n) is 31.8. The van der Waals surface area contributed by atoms with Gasteiger partial charge in [0, 0.05) is 56.5 Å². The normalized spacial score (nSPS) is 15.2. The predicted molar refractivity (Wildman–Crippen MR) is 216 cm³/mol. The maximum Gasteiger partial charge on any atom is 0.410 e. The number of nitrogens with zero attached hydrogens (tertiary/aromatic N) is 5. The molecule has 0 saturated carbocycles. The van der Waals surface area contributed by atoms with Gasteiger partial charge < -0.3 is 24.0 Å². The van der Waals surface area contributed by atoms with Crippen LogP contribution in [0.1, 0.15) is 42.4 Å². The van der Waals surface area contributed by atoms with Gasteiger partial charge >= 0.3 is 6.09 Å². The molecule has 4 heterocycles. The molecule has 10 nitrogen and oxygen atoms in total. The molecule has 0 atom stereocenters. The summed E-state index contributed by atoms with van der Waals surface area (Å²) in [6.07, 6.45) is 2.65. The number of para-hydroxylation sites is 1. The molecule has 286 valence electrons. The Hall–Kier alpha value is -6.16. The third-order valence-corrected chi connectivity index (χ3v) is 11.0. The van der Waals surface area contributed by atoms with Crippen LogP contribution in [0.3, 0.4) is 0 Å². The van der Waals surface area contributed by atoms with Gasteiger partial charge in [0.05, 0.1) is 16.8 Å². The summed E-state index contributed by atoms with van der Waals surface area (Å²) in [4.78, 5) is 35.4. The molecule has 10 heteroatoms. The molecular formula is C46H47N5O5. The van der Waals surface area contributed by atoms with Crippen LogP contribution in [0.25, 0.3) is 22.2 Å². The number of ketones is 1. The molecule has 0 aliphatic carbocycles. The molecule has 0 N–H and O–H groups in total. The standard InChI is InChI=1S/C46H47N5O5/c1-49-43-38(42(48-49)39-20-21-41(54-30-33-12-5-2-6-13-33)47-45(39)55-31-34-14-7-3-8-15-34)18-11-19-40(43)50-26-22-36(23-27-50)44(52)37-24-28-51(29-25-37)46(53)56-32-35-16-9-4-10-17-35/h2-21,36-37H,22-32H2,1H3. The van der Waals surface area contributed by atoms with E-state index in [4.69, 9.17) is 24.3 Å². The van der Waals surface area contributed by atoms with Crippen molar-refractivity contribution in [3.8, 4) is 23.0 Å². The van der Waals surface area contributed by atoms with Gasteiger partial charge in [-0.25, -0.2) is 4.79 Å². The molecule has 2 aromatic heterocycles. The van der Waals surface area contributed by atoms with E-state index < -0.39 is 0 Å². The first-order valence-electron chi connectivity index (χ1n) is 19.5. The van der Waals surface area contributed by atoms with Gasteiger partial charge in [0.15, 0.2) is 0 Å². The first-order valence-corrected chi connectivity index (χ1v) is 19.5. The number of hydrogen-bond acceptors (Lipinski definition) is 8. The lowest BCUT2D eigenvalue weighted by atomic mass is 9.81. The number of Topliss-reactive ketones (excluding diaryl/α,β-unsaturated/α-hetero) is 1. The van der Waals surface area contributed by atoms with E-state index in [-0.39, 0.29) is 24.5 Å². The third-order valence-electron chi connectivity index (χ3n) is 11.0. The van der Waals surface area contributed by atoms with E-state index in [0.29, 0.717) is 56.7 Å². The van der Waals surface area contributed by atoms with Crippen molar-refractivity contribution in [3.63, 3.8) is 0 Å². The van der Waals surface area contributed by atoms with Crippen LogP contribution in [0.4, 0.5) is 10.5 Å². The van der Waals surface area contributed by atoms with Crippen LogP contribution in [-0.2, 0) is 36.4 Å². The van der Waals surface area contributed by atoms with Crippen LogP contribution in [0.2, 0.25) is 0 Å². The van der Waals surface area contributed by atoms with Crippen molar-refractivity contribution in [1.29, 1.82) is 0 Å². The van der Waals surface area contributed by atoms with E-state index in [9.17, 15) is 9.59 Å². The molecule has 0 unspecified atom stereocenters. The fourth-order valence-corrected chi connectivity index (χ4v) is 7.92. The van der Waals surface area contributed by atoms with Crippen molar-refractivity contribution in [2.24, 2.45) is 18.9 Å². The predicted octanol–water partition coefficient (Wildman–Crippen LogP) is 8.63. The summed E-state index contributed by atoms with van der Waals surface area (Å²) in [5.41, 5.74) is 6.75. The highest BCUT2D eigenvalue weighted by molar-refractivity contribution is 6.01. The van der Waals surface area contributed by atoms with E-state index in [1.165, 1.54) is 0 Å². The highest BCUT2D eigenvalue weighted by Gasteiger charge is 2.34. The molecule has 2 aliphatic rings. The van der Waals surface area contributed by atoms with Crippen LogP contribution >= 0.6 is 0 Å². The number of amides is 1. The maximum absolute atomic E-state index is 13.7. The Bertz CT molecular complexity index is 2250. The number of aryl methyl sites for hydroxylation is 1. The Morgan fingerprint density at radius 2 is 1.21 bits per heavy atom. The molecule has 2 fully saturated rings. The fourth-order valence-electron chi connectivity index (χ4n) is 7.92. The van der Waals surface area contributed by atoms with Gasteiger partial charge in [-0.2, -0.15) is 10.1 Å². The SMILES string of the molecule is Cn1nc(-c2ccc(OCc3ccccc3)nc2OCc2ccccc2)c2cccc(N3CCC(C(=O)C4CCN(C(=O)OCc5ccccc5)CC4)CC3)c21. The fraction of sp³-hybridized carbons (Fsp3) is 0.304. The van der Waals surface area contributed by atoms with E-state index in [2.05, 4.69) is 23.1 Å². The van der Waals surface area contributed by atoms with Gasteiger partial charge in [-0.15, -0.1) is 0 Å². The number of carbonyl (C=O) groups excluding carboxylic acids is 2. The molecule has 2 aliphatic heterocycles. The Kier molecular flexibility index (Phi) is 11.2. The first kappa shape index (κ1) is 36.8. The highest BCUT2D eigenvalue weighted by atomic mass is 16.6. The Morgan fingerprint density at radius 3 is 1.84 bits per heavy atom. The minimum absolute atomic E-state index is 0.0187. The van der Waals surface area contributed by atoms with Crippen LogP contribution in [0, 0.1) is 11.8 Å². The average molecular weight is 750 g/mol. The van der Waals surface area contributed by atoms with E-state index in [1.54, 1.807) is 4.90 Å². The van der Waals surface area contributed by atoms with Gasteiger partial charge in [-0.05, 0) is 54.5 Å². The quantitative estimate of drug-likeness (QED) is 0.123. The molecule has 2 saturated heterocycles. The number of carbonyl (C=O) groups is 2. The summed E-state index contributed by atoms with van der Waals surface area (Å²) < 4.78 is 20.0. The van der Waals surface area contributed by atoms with Crippen molar-refractivity contribution >= 4 is 28.5 Å². The van der Waals surface area contributed by atoms with Crippen molar-refractivity contribution < 1.29 is 23.8 Å². The Labute approximate surface area is 327 Å². The largest absolute Gasteiger partial charge is 0.473 e. The zero-order valence-corrected chi connectivity index (χ0v) is 31.8. The highest BCUT2D eigenvalue weighted by Crippen LogP contribution is 2.39. The molecule has 0 spiro atoms. The second-order valence-electron chi connectivity index (χ2n) is 14.7. The number of likely N-dealkylation sites (tertiary alicyclic amines) is 1. The van der Waals surface area contributed by atoms with Crippen LogP contribution < -0.4 is 14.4 Å². The van der Waals surface area contributed by atoms with E-state index >= 15 is 0 Å². The summed E-state index contributed by atoms with van der Waals surface area (Å²) >= 11 is 0. The smallest absolute Gasteiger partial charge is 0.410 e. The second-order valence-corrected chi connectivity index (χ2v) is 14.7. The minimum atomic E-state index is -0.308. The monoisotopic (exact) mass is 749 g/mol. The lowest BCUT2D eigenvalue weighted by molar-refractivity contribution is -0.128. The Balaban J connectivity index is 0.935. The van der Waals surface area contributed by atoms with E-state index in [0.717, 1.165) is 70.5 Å². The summed E-state index contributed by atoms with van der Waals surface area (Å²) in [6.45, 7) is 3.66. The number of pyridine rings is 1. The van der Waals surface area contributed by atoms with Crippen molar-refractivity contribution in [1.82, 2.24) is 19.7 Å². The maximum atomic E-state index is 13.7. The van der Waals surface area contributed by atoms with E-state index in [1.807, 2.05) is 115 Å². The third kappa shape index (κ3) is 8.39. The Morgan fingerprint density at radius 1 is 0.643 bits per heavy atom. The lowest BCUT2D eigenvalue weighted by Gasteiger charge is -2.36. The molecule has 4 aromatic carbocycles. The van der Waals surface area contributed by atoms with Crippen LogP contribution in [0.15, 0.2) is 121 Å². The van der Waals surface area contributed by atoms with Crippen LogP contribution in [0.5, 0.6) is 11.8 Å². The summed E-state index contributed by atoms with van der Waals surface area (Å²) in [5, 5.41) is 6.04. The zero-order chi connectivity index (χ0) is 38.3. The molecule has 56 heavy (non-hydrogen) atoms. The van der Waals surface area contributed by atoms with Crippen molar-refractivity contribution in [2.75, 3.05) is 31.1 Å². The number of piperidine rings is 2. The number of ether oxygens (including phenoxy) is 3. The van der Waals surface area contributed by atoms with Gasteiger partial charge in [-0.3, -0.25) is 9.48 Å². The lowest BCUT2D eigenvalue weighted by Crippen LogP contribution is -2.43. The number of rotatable bonds is 12. The molecule has 8 rings (SSSR count). The number of anilines is 1. The van der Waals surface area contributed by atoms with Crippen LogP contribution in [-0.4, -0.2) is 57.7 Å². The number of benzene rings is 4. The summed E-state index contributed by atoms with van der Waals surface area (Å²) in [5.74, 6) is 1.28. The molecule has 1 amide bonds. The van der Waals surface area contributed by atoms with Gasteiger partial charge in [0.2, 0.25) is 11.8 Å². The summed E-state index contributed by atoms with van der Waals surface area (Å²) in [6, 6.07) is 39.9. The molecule has 0 radical (unpaired) electrons.